The summed E-state index contributed by atoms with van der Waals surface area (Å²) in [7, 11) is 0. The van der Waals surface area contributed by atoms with Crippen LogP contribution in [0.1, 0.15) is 13.8 Å². The van der Waals surface area contributed by atoms with Crippen LogP contribution >= 0.6 is 0 Å². The van der Waals surface area contributed by atoms with Gasteiger partial charge in [-0.15, -0.1) is 0 Å². The van der Waals surface area contributed by atoms with Crippen molar-refractivity contribution in [3.8, 4) is 0 Å². The van der Waals surface area contributed by atoms with E-state index in [1.807, 2.05) is 13.8 Å². The first-order valence-electron chi connectivity index (χ1n) is 4.95. The van der Waals surface area contributed by atoms with Crippen LogP contribution in [0.3, 0.4) is 0 Å². The van der Waals surface area contributed by atoms with Crippen LogP contribution in [0.25, 0.3) is 0 Å². The maximum Gasteiger partial charge on any atom is 0.250 e. The van der Waals surface area contributed by atoms with Gasteiger partial charge < -0.3 is 15.8 Å². The Morgan fingerprint density at radius 2 is 2.19 bits per heavy atom. The minimum Gasteiger partial charge on any atom is -0.399 e. The van der Waals surface area contributed by atoms with Gasteiger partial charge in [-0.1, -0.05) is 0 Å². The van der Waals surface area contributed by atoms with Crippen molar-refractivity contribution in [2.45, 2.75) is 20.0 Å². The first kappa shape index (κ1) is 12.4. The average Bonchev–Trinajstić information content (AvgIpc) is 2.12. The third-order valence-electron chi connectivity index (χ3n) is 1.75. The zero-order valence-electron chi connectivity index (χ0n) is 9.29. The molecule has 0 unspecified atom stereocenters. The maximum absolute atomic E-state index is 12.9. The van der Waals surface area contributed by atoms with E-state index >= 15 is 0 Å². The van der Waals surface area contributed by atoms with Gasteiger partial charge in [0.2, 0.25) is 5.91 Å². The van der Waals surface area contributed by atoms with Crippen molar-refractivity contribution >= 4 is 17.3 Å². The lowest BCUT2D eigenvalue weighted by molar-refractivity contribution is -0.121. The molecule has 0 aliphatic rings. The average molecular weight is 226 g/mol. The van der Waals surface area contributed by atoms with Crippen LogP contribution in [-0.2, 0) is 9.53 Å². The second-order valence-electron chi connectivity index (χ2n) is 3.68. The van der Waals surface area contributed by atoms with E-state index in [1.54, 1.807) is 0 Å². The molecule has 1 rings (SSSR count). The van der Waals surface area contributed by atoms with Gasteiger partial charge in [0, 0.05) is 11.4 Å². The predicted molar refractivity (Wildman–Crippen MR) is 60.5 cm³/mol. The largest absolute Gasteiger partial charge is 0.399 e. The molecule has 1 aromatic rings. The molecule has 16 heavy (non-hydrogen) atoms. The molecule has 0 fully saturated rings. The topological polar surface area (TPSA) is 64.3 Å². The summed E-state index contributed by atoms with van der Waals surface area (Å²) in [5, 5.41) is 2.50. The minimum atomic E-state index is -0.486. The number of ether oxygens (including phenoxy) is 1. The van der Waals surface area contributed by atoms with Crippen molar-refractivity contribution in [2.24, 2.45) is 0 Å². The van der Waals surface area contributed by atoms with Gasteiger partial charge in [0.1, 0.15) is 12.4 Å². The Morgan fingerprint density at radius 3 is 2.75 bits per heavy atom. The summed E-state index contributed by atoms with van der Waals surface area (Å²) in [5.74, 6) is -0.821. The highest BCUT2D eigenvalue weighted by Gasteiger charge is 2.05. The Labute approximate surface area is 93.6 Å². The van der Waals surface area contributed by atoms with Crippen LogP contribution in [0.2, 0.25) is 0 Å². The zero-order valence-corrected chi connectivity index (χ0v) is 9.29. The van der Waals surface area contributed by atoms with Crippen LogP contribution in [0.4, 0.5) is 15.8 Å². The molecular weight excluding hydrogens is 211 g/mol. The molecule has 3 N–H and O–H groups in total. The number of carbonyl (C=O) groups is 1. The Bertz CT molecular complexity index is 360. The summed E-state index contributed by atoms with van der Waals surface area (Å²) in [4.78, 5) is 11.3. The summed E-state index contributed by atoms with van der Waals surface area (Å²) >= 11 is 0. The normalized spacial score (nSPS) is 10.5. The Hall–Kier alpha value is -1.62. The Kier molecular flexibility index (Phi) is 4.25. The molecule has 5 heteroatoms. The summed E-state index contributed by atoms with van der Waals surface area (Å²) in [5.41, 5.74) is 6.03. The lowest BCUT2D eigenvalue weighted by Crippen LogP contribution is -2.20. The molecule has 1 amide bonds. The van der Waals surface area contributed by atoms with Crippen LogP contribution in [0.15, 0.2) is 18.2 Å². The van der Waals surface area contributed by atoms with Crippen molar-refractivity contribution in [1.82, 2.24) is 0 Å². The SMILES string of the molecule is CC(C)OCC(=O)Nc1cc(N)cc(F)c1. The third kappa shape index (κ3) is 4.27. The zero-order chi connectivity index (χ0) is 12.1. The number of amides is 1. The fourth-order valence-electron chi connectivity index (χ4n) is 1.12. The van der Waals surface area contributed by atoms with Gasteiger partial charge in [-0.2, -0.15) is 0 Å². The van der Waals surface area contributed by atoms with E-state index in [4.69, 9.17) is 10.5 Å². The first-order valence-corrected chi connectivity index (χ1v) is 4.95. The molecule has 88 valence electrons. The number of anilines is 2. The van der Waals surface area contributed by atoms with E-state index in [-0.39, 0.29) is 24.3 Å². The maximum atomic E-state index is 12.9. The third-order valence-corrected chi connectivity index (χ3v) is 1.75. The molecule has 0 bridgehead atoms. The molecule has 0 heterocycles. The lowest BCUT2D eigenvalue weighted by Gasteiger charge is -2.09. The number of hydrogen-bond acceptors (Lipinski definition) is 3. The van der Waals surface area contributed by atoms with Crippen LogP contribution < -0.4 is 11.1 Å². The molecule has 0 radical (unpaired) electrons. The van der Waals surface area contributed by atoms with Gasteiger partial charge in [0.05, 0.1) is 6.10 Å². The number of benzene rings is 1. The molecule has 0 saturated carbocycles. The Balaban J connectivity index is 2.56. The van der Waals surface area contributed by atoms with E-state index in [9.17, 15) is 9.18 Å². The molecule has 0 atom stereocenters. The number of nitrogens with one attached hydrogen (secondary N) is 1. The van der Waals surface area contributed by atoms with E-state index in [1.165, 1.54) is 18.2 Å². The van der Waals surface area contributed by atoms with E-state index < -0.39 is 5.82 Å². The number of hydrogen-bond donors (Lipinski definition) is 2. The van der Waals surface area contributed by atoms with Gasteiger partial charge in [-0.05, 0) is 32.0 Å². The molecule has 0 saturated heterocycles. The fraction of sp³-hybridized carbons (Fsp3) is 0.364. The van der Waals surface area contributed by atoms with E-state index in [2.05, 4.69) is 5.32 Å². The molecule has 0 aliphatic heterocycles. The molecule has 1 aromatic carbocycles. The second kappa shape index (κ2) is 5.46. The highest BCUT2D eigenvalue weighted by atomic mass is 19.1. The number of nitrogen functional groups attached to an aromatic ring is 1. The molecule has 4 nitrogen and oxygen atoms in total. The highest BCUT2D eigenvalue weighted by Crippen LogP contribution is 2.15. The lowest BCUT2D eigenvalue weighted by atomic mass is 10.2. The van der Waals surface area contributed by atoms with Crippen molar-refractivity contribution < 1.29 is 13.9 Å². The van der Waals surface area contributed by atoms with Gasteiger partial charge in [-0.25, -0.2) is 4.39 Å². The molecular formula is C11H15FN2O2. The fourth-order valence-corrected chi connectivity index (χ4v) is 1.12. The summed E-state index contributed by atoms with van der Waals surface area (Å²) in [6.07, 6.45) is -0.0247. The van der Waals surface area contributed by atoms with E-state index in [0.29, 0.717) is 5.69 Å². The van der Waals surface area contributed by atoms with Crippen molar-refractivity contribution in [2.75, 3.05) is 17.7 Å². The minimum absolute atomic E-state index is 0.0247. The quantitative estimate of drug-likeness (QED) is 0.769. The summed E-state index contributed by atoms with van der Waals surface area (Å²) in [6.45, 7) is 3.59. The van der Waals surface area contributed by atoms with E-state index in [0.717, 1.165) is 0 Å². The van der Waals surface area contributed by atoms with Crippen molar-refractivity contribution in [3.05, 3.63) is 24.0 Å². The molecule has 0 spiro atoms. The number of halogens is 1. The monoisotopic (exact) mass is 226 g/mol. The van der Waals surface area contributed by atoms with Gasteiger partial charge >= 0.3 is 0 Å². The molecule has 0 aliphatic carbocycles. The van der Waals surface area contributed by atoms with Crippen molar-refractivity contribution in [3.63, 3.8) is 0 Å². The summed E-state index contributed by atoms with van der Waals surface area (Å²) < 4.78 is 18.0. The summed E-state index contributed by atoms with van der Waals surface area (Å²) in [6, 6.07) is 3.86. The standard InChI is InChI=1S/C11H15FN2O2/c1-7(2)16-6-11(15)14-10-4-8(12)3-9(13)5-10/h3-5,7H,6,13H2,1-2H3,(H,14,15). The van der Waals surface area contributed by atoms with Gasteiger partial charge in [-0.3, -0.25) is 4.79 Å². The number of rotatable bonds is 4. The van der Waals surface area contributed by atoms with Crippen LogP contribution in [0.5, 0.6) is 0 Å². The van der Waals surface area contributed by atoms with Crippen LogP contribution in [-0.4, -0.2) is 18.6 Å². The highest BCUT2D eigenvalue weighted by molar-refractivity contribution is 5.92. The van der Waals surface area contributed by atoms with Crippen molar-refractivity contribution in [1.29, 1.82) is 0 Å². The van der Waals surface area contributed by atoms with Gasteiger partial charge in [0.25, 0.3) is 0 Å². The number of carbonyl (C=O) groups excluding carboxylic acids is 1. The Morgan fingerprint density at radius 1 is 1.50 bits per heavy atom. The smallest absolute Gasteiger partial charge is 0.250 e. The number of nitrogens with two attached hydrogens (primary N) is 1. The van der Waals surface area contributed by atoms with Gasteiger partial charge in [0.15, 0.2) is 0 Å². The van der Waals surface area contributed by atoms with Crippen LogP contribution in [0, 0.1) is 5.82 Å². The predicted octanol–water partition coefficient (Wildman–Crippen LogP) is 1.77. The second-order valence-corrected chi connectivity index (χ2v) is 3.68. The first-order chi connectivity index (χ1) is 7.47. The molecule has 0 aromatic heterocycles.